The van der Waals surface area contributed by atoms with Crippen molar-refractivity contribution >= 4 is 28.8 Å². The third-order valence-corrected chi connectivity index (χ3v) is 2.80. The number of hydrogen-bond donors (Lipinski definition) is 1. The van der Waals surface area contributed by atoms with Gasteiger partial charge in [0.2, 0.25) is 0 Å². The number of nitrogens with two attached hydrogens (primary N) is 1. The van der Waals surface area contributed by atoms with E-state index in [1.807, 2.05) is 18.2 Å². The number of nitro groups is 1. The van der Waals surface area contributed by atoms with Gasteiger partial charge < -0.3 is 10.6 Å². The number of hydrogen-bond acceptors (Lipinski definition) is 5. The summed E-state index contributed by atoms with van der Waals surface area (Å²) >= 11 is 1.73. The fourth-order valence-electron chi connectivity index (χ4n) is 1.30. The molecule has 0 fully saturated rings. The molecule has 0 amide bonds. The van der Waals surface area contributed by atoms with E-state index in [1.165, 1.54) is 12.1 Å². The maximum absolute atomic E-state index is 10.7. The summed E-state index contributed by atoms with van der Waals surface area (Å²) in [6.07, 6.45) is 2.02. The molecule has 0 aliphatic rings. The number of nitrogens with zero attached hydrogens (tertiary/aromatic N) is 2. The monoisotopic (exact) mass is 241 g/mol. The molecule has 0 spiro atoms. The first kappa shape index (κ1) is 12.6. The molecule has 0 unspecified atom stereocenters. The van der Waals surface area contributed by atoms with Crippen molar-refractivity contribution in [2.75, 3.05) is 36.2 Å². The average Bonchev–Trinajstić information content (AvgIpc) is 2.24. The Labute approximate surface area is 98.8 Å². The van der Waals surface area contributed by atoms with Crippen molar-refractivity contribution < 1.29 is 4.92 Å². The number of thioether (sulfide) groups is 1. The summed E-state index contributed by atoms with van der Waals surface area (Å²) in [5, 5.41) is 10.7. The van der Waals surface area contributed by atoms with Crippen LogP contribution in [0.5, 0.6) is 0 Å². The molecule has 0 radical (unpaired) electrons. The minimum absolute atomic E-state index is 0.0333. The van der Waals surface area contributed by atoms with Gasteiger partial charge in [0.05, 0.1) is 4.92 Å². The topological polar surface area (TPSA) is 72.4 Å². The van der Waals surface area contributed by atoms with Crippen LogP contribution in [0.15, 0.2) is 18.2 Å². The Kier molecular flexibility index (Phi) is 4.42. The second-order valence-corrected chi connectivity index (χ2v) is 4.44. The van der Waals surface area contributed by atoms with Gasteiger partial charge in [-0.2, -0.15) is 11.8 Å². The third-order valence-electron chi connectivity index (χ3n) is 2.21. The largest absolute Gasteiger partial charge is 0.398 e. The molecule has 2 N–H and O–H groups in total. The van der Waals surface area contributed by atoms with Gasteiger partial charge in [0, 0.05) is 42.9 Å². The number of benzene rings is 1. The van der Waals surface area contributed by atoms with E-state index in [0.717, 1.165) is 18.0 Å². The first-order chi connectivity index (χ1) is 7.54. The smallest absolute Gasteiger partial charge is 0.273 e. The summed E-state index contributed by atoms with van der Waals surface area (Å²) < 4.78 is 0. The molecule has 16 heavy (non-hydrogen) atoms. The van der Waals surface area contributed by atoms with Crippen LogP contribution in [-0.2, 0) is 0 Å². The zero-order valence-corrected chi connectivity index (χ0v) is 10.2. The Bertz CT molecular complexity index is 384. The van der Waals surface area contributed by atoms with Crippen molar-refractivity contribution in [2.45, 2.75) is 0 Å². The highest BCUT2D eigenvalue weighted by Crippen LogP contribution is 2.24. The van der Waals surface area contributed by atoms with Gasteiger partial charge in [-0.1, -0.05) is 0 Å². The highest BCUT2D eigenvalue weighted by Gasteiger charge is 2.10. The zero-order valence-electron chi connectivity index (χ0n) is 9.34. The molecular formula is C10H15N3O2S. The molecule has 1 aromatic carbocycles. The zero-order chi connectivity index (χ0) is 12.1. The van der Waals surface area contributed by atoms with Gasteiger partial charge in [-0.05, 0) is 12.3 Å². The maximum atomic E-state index is 10.7. The van der Waals surface area contributed by atoms with E-state index in [1.54, 1.807) is 17.8 Å². The van der Waals surface area contributed by atoms with E-state index >= 15 is 0 Å². The van der Waals surface area contributed by atoms with E-state index in [0.29, 0.717) is 5.69 Å². The fourth-order valence-corrected chi connectivity index (χ4v) is 1.76. The van der Waals surface area contributed by atoms with Gasteiger partial charge in [0.25, 0.3) is 5.69 Å². The maximum Gasteiger partial charge on any atom is 0.273 e. The number of nitro benzene ring substituents is 1. The molecule has 5 nitrogen and oxygen atoms in total. The molecule has 6 heteroatoms. The van der Waals surface area contributed by atoms with Crippen LogP contribution in [0.4, 0.5) is 17.1 Å². The summed E-state index contributed by atoms with van der Waals surface area (Å²) in [5.74, 6) is 0.971. The predicted molar refractivity (Wildman–Crippen MR) is 69.2 cm³/mol. The molecule has 0 saturated heterocycles. The summed E-state index contributed by atoms with van der Waals surface area (Å²) in [4.78, 5) is 12.2. The van der Waals surface area contributed by atoms with Crippen LogP contribution in [0.25, 0.3) is 0 Å². The van der Waals surface area contributed by atoms with Crippen LogP contribution in [0, 0.1) is 10.1 Å². The van der Waals surface area contributed by atoms with Gasteiger partial charge in [-0.15, -0.1) is 0 Å². The normalized spacial score (nSPS) is 10.1. The second-order valence-electron chi connectivity index (χ2n) is 3.45. The Morgan fingerprint density at radius 1 is 1.50 bits per heavy atom. The van der Waals surface area contributed by atoms with E-state index in [4.69, 9.17) is 5.73 Å². The molecule has 0 heterocycles. The summed E-state index contributed by atoms with van der Waals surface area (Å²) in [5.41, 5.74) is 6.86. The molecule has 0 atom stereocenters. The standard InChI is InChI=1S/C10H15N3O2S/c1-12(3-4-16-2)9-5-8(11)6-10(7-9)13(14)15/h5-7H,3-4,11H2,1-2H3. The van der Waals surface area contributed by atoms with Crippen molar-refractivity contribution in [3.05, 3.63) is 28.3 Å². The van der Waals surface area contributed by atoms with E-state index in [-0.39, 0.29) is 5.69 Å². The van der Waals surface area contributed by atoms with Crippen molar-refractivity contribution in [1.82, 2.24) is 0 Å². The predicted octanol–water partition coefficient (Wildman–Crippen LogP) is 1.98. The van der Waals surface area contributed by atoms with Crippen molar-refractivity contribution in [3.8, 4) is 0 Å². The number of anilines is 2. The number of rotatable bonds is 5. The van der Waals surface area contributed by atoms with Gasteiger partial charge in [0.15, 0.2) is 0 Å². The van der Waals surface area contributed by atoms with Crippen LogP contribution in [-0.4, -0.2) is 30.5 Å². The van der Waals surface area contributed by atoms with Gasteiger partial charge >= 0.3 is 0 Å². The van der Waals surface area contributed by atoms with Crippen LogP contribution < -0.4 is 10.6 Å². The lowest BCUT2D eigenvalue weighted by Gasteiger charge is -2.18. The summed E-state index contributed by atoms with van der Waals surface area (Å²) in [6.45, 7) is 0.835. The van der Waals surface area contributed by atoms with Gasteiger partial charge in [0.1, 0.15) is 0 Å². The highest BCUT2D eigenvalue weighted by atomic mass is 32.2. The molecule has 0 saturated carbocycles. The third kappa shape index (κ3) is 3.30. The van der Waals surface area contributed by atoms with Gasteiger partial charge in [-0.25, -0.2) is 0 Å². The lowest BCUT2D eigenvalue weighted by Crippen LogP contribution is -2.20. The van der Waals surface area contributed by atoms with Crippen LogP contribution in [0.1, 0.15) is 0 Å². The molecule has 0 aliphatic heterocycles. The first-order valence-electron chi connectivity index (χ1n) is 4.79. The molecule has 1 rings (SSSR count). The van der Waals surface area contributed by atoms with Crippen molar-refractivity contribution in [2.24, 2.45) is 0 Å². The summed E-state index contributed by atoms with van der Waals surface area (Å²) in [6, 6.07) is 4.65. The number of non-ortho nitro benzene ring substituents is 1. The quantitative estimate of drug-likeness (QED) is 0.485. The van der Waals surface area contributed by atoms with Crippen molar-refractivity contribution in [1.29, 1.82) is 0 Å². The van der Waals surface area contributed by atoms with Crippen molar-refractivity contribution in [3.63, 3.8) is 0 Å². The Morgan fingerprint density at radius 2 is 2.19 bits per heavy atom. The Morgan fingerprint density at radius 3 is 2.75 bits per heavy atom. The lowest BCUT2D eigenvalue weighted by molar-refractivity contribution is -0.384. The van der Waals surface area contributed by atoms with Crippen LogP contribution in [0.3, 0.4) is 0 Å². The Balaban J connectivity index is 2.91. The molecule has 1 aromatic rings. The van der Waals surface area contributed by atoms with Gasteiger partial charge in [-0.3, -0.25) is 10.1 Å². The fraction of sp³-hybridized carbons (Fsp3) is 0.400. The summed E-state index contributed by atoms with van der Waals surface area (Å²) in [7, 11) is 1.90. The first-order valence-corrected chi connectivity index (χ1v) is 6.19. The minimum atomic E-state index is -0.428. The molecule has 0 aromatic heterocycles. The van der Waals surface area contributed by atoms with E-state index in [9.17, 15) is 10.1 Å². The Hall–Kier alpha value is -1.43. The SMILES string of the molecule is CSCCN(C)c1cc(N)cc([N+](=O)[O-])c1. The minimum Gasteiger partial charge on any atom is -0.398 e. The number of nitrogen functional groups attached to an aromatic ring is 1. The highest BCUT2D eigenvalue weighted by molar-refractivity contribution is 7.98. The van der Waals surface area contributed by atoms with Crippen LogP contribution >= 0.6 is 11.8 Å². The van der Waals surface area contributed by atoms with Crippen LogP contribution in [0.2, 0.25) is 0 Å². The average molecular weight is 241 g/mol. The molecular weight excluding hydrogens is 226 g/mol. The lowest BCUT2D eigenvalue weighted by atomic mass is 10.2. The second kappa shape index (κ2) is 5.60. The molecule has 88 valence electrons. The molecule has 0 bridgehead atoms. The van der Waals surface area contributed by atoms with E-state index < -0.39 is 4.92 Å². The molecule has 0 aliphatic carbocycles. The van der Waals surface area contributed by atoms with E-state index in [2.05, 4.69) is 0 Å².